The number of aromatic nitrogens is 1. The molecule has 0 aliphatic carbocycles. The quantitative estimate of drug-likeness (QED) is 0.662. The number of halogens is 4. The molecular weight excluding hydrogens is 407 g/mol. The van der Waals surface area contributed by atoms with Gasteiger partial charge in [0.05, 0.1) is 12.2 Å². The molecule has 0 saturated heterocycles. The first-order valence-corrected chi connectivity index (χ1v) is 7.78. The van der Waals surface area contributed by atoms with E-state index in [9.17, 15) is 18.0 Å². The van der Waals surface area contributed by atoms with Crippen LogP contribution in [0.25, 0.3) is 6.08 Å². The van der Waals surface area contributed by atoms with E-state index >= 15 is 0 Å². The second-order valence-corrected chi connectivity index (χ2v) is 5.46. The minimum Gasteiger partial charge on any atom is -0.491 e. The monoisotopic (exact) mass is 421 g/mol. The van der Waals surface area contributed by atoms with Crippen LogP contribution in [0.1, 0.15) is 11.1 Å². The Morgan fingerprint density at radius 3 is 2.57 bits per heavy atom. The number of nitrogens with zero attached hydrogens (tertiary/aromatic N) is 1. The van der Waals surface area contributed by atoms with E-state index in [0.29, 0.717) is 17.8 Å². The highest BCUT2D eigenvalue weighted by Gasteiger charge is 2.31. The summed E-state index contributed by atoms with van der Waals surface area (Å²) in [7, 11) is 0. The van der Waals surface area contributed by atoms with E-state index in [1.165, 1.54) is 24.3 Å². The van der Waals surface area contributed by atoms with Gasteiger partial charge in [0.25, 0.3) is 0 Å². The molecule has 0 aliphatic rings. The Bertz CT molecular complexity index is 857. The van der Waals surface area contributed by atoms with Crippen molar-refractivity contribution in [3.05, 3.63) is 52.7 Å². The fourth-order valence-electron chi connectivity index (χ4n) is 1.91. The Balaban J connectivity index is 0.00000392. The summed E-state index contributed by atoms with van der Waals surface area (Å²) >= 11 is 5.82. The summed E-state index contributed by atoms with van der Waals surface area (Å²) in [4.78, 5) is 14.3. The highest BCUT2D eigenvalue weighted by atomic mass is 35.5. The van der Waals surface area contributed by atoms with Gasteiger partial charge >= 0.3 is 12.1 Å². The molecule has 0 atom stereocenters. The largest absolute Gasteiger partial charge is 0.491 e. The molecule has 7 nitrogen and oxygen atoms in total. The summed E-state index contributed by atoms with van der Waals surface area (Å²) in [6, 6.07) is 5.01. The highest BCUT2D eigenvalue weighted by molar-refractivity contribution is 6.31. The van der Waals surface area contributed by atoms with Crippen LogP contribution in [-0.2, 0) is 11.0 Å². The van der Waals surface area contributed by atoms with Crippen molar-refractivity contribution in [2.45, 2.75) is 6.18 Å². The first-order chi connectivity index (χ1) is 12.7. The number of carboxylic acid groups (broad SMARTS) is 1. The van der Waals surface area contributed by atoms with Gasteiger partial charge in [-0.05, 0) is 24.3 Å². The van der Waals surface area contributed by atoms with Gasteiger partial charge in [-0.1, -0.05) is 11.6 Å². The van der Waals surface area contributed by atoms with Crippen molar-refractivity contribution in [3.63, 3.8) is 0 Å². The Labute approximate surface area is 161 Å². The Kier molecular flexibility index (Phi) is 8.23. The molecule has 0 spiro atoms. The zero-order chi connectivity index (χ0) is 20.0. The molecule has 28 heavy (non-hydrogen) atoms. The van der Waals surface area contributed by atoms with Crippen molar-refractivity contribution in [1.82, 2.24) is 4.98 Å². The number of aliphatic carboxylic acids is 1. The maximum absolute atomic E-state index is 12.7. The van der Waals surface area contributed by atoms with Gasteiger partial charge in [0.15, 0.2) is 0 Å². The molecule has 1 aromatic heterocycles. The normalized spacial score (nSPS) is 11.2. The lowest BCUT2D eigenvalue weighted by atomic mass is 10.1. The number of carboxylic acids is 1. The fourth-order valence-corrected chi connectivity index (χ4v) is 2.12. The Morgan fingerprint density at radius 2 is 2.00 bits per heavy atom. The second-order valence-electron chi connectivity index (χ2n) is 5.05. The molecule has 4 N–H and O–H groups in total. The van der Waals surface area contributed by atoms with Gasteiger partial charge in [-0.15, -0.1) is 0 Å². The van der Waals surface area contributed by atoms with Crippen LogP contribution in [0.3, 0.4) is 0 Å². The number of pyridine rings is 1. The highest BCUT2D eigenvalue weighted by Crippen LogP contribution is 2.36. The number of aliphatic hydroxyl groups excluding tert-OH is 1. The first kappa shape index (κ1) is 23.2. The minimum absolute atomic E-state index is 0. The van der Waals surface area contributed by atoms with Gasteiger partial charge in [-0.3, -0.25) is 0 Å². The number of carbonyl (C=O) groups is 1. The minimum atomic E-state index is -4.61. The fraction of sp³-hybridized carbons (Fsp3) is 0.176. The number of hydrogen-bond donors (Lipinski definition) is 2. The van der Waals surface area contributed by atoms with Crippen LogP contribution in [0.5, 0.6) is 17.4 Å². The molecule has 0 saturated carbocycles. The van der Waals surface area contributed by atoms with Crippen molar-refractivity contribution in [2.24, 2.45) is 0 Å². The average Bonchev–Trinajstić information content (AvgIpc) is 2.59. The van der Waals surface area contributed by atoms with Crippen LogP contribution in [0.15, 0.2) is 36.5 Å². The third-order valence-electron chi connectivity index (χ3n) is 3.09. The van der Waals surface area contributed by atoms with Gasteiger partial charge in [0, 0.05) is 23.9 Å². The van der Waals surface area contributed by atoms with Crippen LogP contribution in [0, 0.1) is 0 Å². The molecule has 0 bridgehead atoms. The number of alkyl halides is 3. The number of aliphatic hydroxyl groups is 1. The van der Waals surface area contributed by atoms with E-state index in [-0.39, 0.29) is 41.1 Å². The number of ether oxygens (including phenoxy) is 2. The summed E-state index contributed by atoms with van der Waals surface area (Å²) in [6.07, 6.45) is -1.95. The molecule has 0 aliphatic heterocycles. The van der Waals surface area contributed by atoms with Crippen LogP contribution in [-0.4, -0.2) is 39.9 Å². The first-order valence-electron chi connectivity index (χ1n) is 7.40. The van der Waals surface area contributed by atoms with E-state index in [1.807, 2.05) is 0 Å². The van der Waals surface area contributed by atoms with Crippen molar-refractivity contribution in [1.29, 1.82) is 0 Å². The molecule has 1 heterocycles. The smallest absolute Gasteiger partial charge is 0.417 e. The van der Waals surface area contributed by atoms with E-state index < -0.39 is 17.7 Å². The number of hydrogen-bond acceptors (Lipinski definition) is 5. The lowest BCUT2D eigenvalue weighted by Crippen LogP contribution is -2.06. The molecule has 1 aromatic carbocycles. The van der Waals surface area contributed by atoms with Crippen LogP contribution in [0.4, 0.5) is 13.2 Å². The molecule has 152 valence electrons. The predicted octanol–water partition coefficient (Wildman–Crippen LogP) is 3.19. The van der Waals surface area contributed by atoms with E-state index in [1.54, 1.807) is 0 Å². The standard InChI is InChI=1S/C17H13ClF3NO5.H2O/c18-13-7-11(17(19,20)21)9-22-16(13)27-14-8-12(26-6-5-23)3-1-10(14)2-4-15(24)25;/h1-4,7-9,23H,5-6H2,(H,24,25);1H2. The van der Waals surface area contributed by atoms with Crippen molar-refractivity contribution in [2.75, 3.05) is 13.2 Å². The molecule has 0 fully saturated rings. The lowest BCUT2D eigenvalue weighted by molar-refractivity contribution is -0.138. The molecule has 0 radical (unpaired) electrons. The van der Waals surface area contributed by atoms with E-state index in [0.717, 1.165) is 6.08 Å². The number of rotatable bonds is 7. The number of benzene rings is 1. The topological polar surface area (TPSA) is 120 Å². The molecule has 0 unspecified atom stereocenters. The Morgan fingerprint density at radius 1 is 1.29 bits per heavy atom. The van der Waals surface area contributed by atoms with Crippen LogP contribution < -0.4 is 9.47 Å². The lowest BCUT2D eigenvalue weighted by Gasteiger charge is -2.13. The third kappa shape index (κ3) is 6.41. The van der Waals surface area contributed by atoms with Gasteiger partial charge in [-0.2, -0.15) is 13.2 Å². The maximum Gasteiger partial charge on any atom is 0.417 e. The molecular formula is C17H15ClF3NO6. The molecule has 2 rings (SSSR count). The average molecular weight is 422 g/mol. The summed E-state index contributed by atoms with van der Waals surface area (Å²) in [5.74, 6) is -1.16. The van der Waals surface area contributed by atoms with Crippen LogP contribution >= 0.6 is 11.6 Å². The second kappa shape index (κ2) is 9.93. The zero-order valence-corrected chi connectivity index (χ0v) is 14.8. The van der Waals surface area contributed by atoms with Gasteiger partial charge in [0.1, 0.15) is 23.1 Å². The summed E-state index contributed by atoms with van der Waals surface area (Å²) in [5, 5.41) is 17.2. The van der Waals surface area contributed by atoms with Crippen molar-refractivity contribution < 1.29 is 43.1 Å². The Hall–Kier alpha value is -2.82. The summed E-state index contributed by atoms with van der Waals surface area (Å²) in [6.45, 7) is -0.230. The summed E-state index contributed by atoms with van der Waals surface area (Å²) in [5.41, 5.74) is -0.739. The van der Waals surface area contributed by atoms with E-state index in [2.05, 4.69) is 4.98 Å². The van der Waals surface area contributed by atoms with Crippen LogP contribution in [0.2, 0.25) is 5.02 Å². The maximum atomic E-state index is 12.7. The SMILES string of the molecule is O.O=C(O)C=Cc1ccc(OCCO)cc1Oc1ncc(C(F)(F)F)cc1Cl. The van der Waals surface area contributed by atoms with Crippen molar-refractivity contribution in [3.8, 4) is 17.4 Å². The molecule has 11 heteroatoms. The summed E-state index contributed by atoms with van der Waals surface area (Å²) < 4.78 is 48.8. The van der Waals surface area contributed by atoms with Gasteiger partial charge in [-0.25, -0.2) is 9.78 Å². The molecule has 0 amide bonds. The third-order valence-corrected chi connectivity index (χ3v) is 3.36. The van der Waals surface area contributed by atoms with E-state index in [4.69, 9.17) is 31.3 Å². The zero-order valence-electron chi connectivity index (χ0n) is 14.0. The van der Waals surface area contributed by atoms with Crippen molar-refractivity contribution >= 4 is 23.6 Å². The van der Waals surface area contributed by atoms with Gasteiger partial charge in [0.2, 0.25) is 5.88 Å². The van der Waals surface area contributed by atoms with Gasteiger partial charge < -0.3 is 25.2 Å². The molecule has 2 aromatic rings. The predicted molar refractivity (Wildman–Crippen MR) is 93.6 cm³/mol.